The van der Waals surface area contributed by atoms with E-state index in [4.69, 9.17) is 9.47 Å². The summed E-state index contributed by atoms with van der Waals surface area (Å²) in [6, 6.07) is 12.0. The third kappa shape index (κ3) is 11.9. The lowest BCUT2D eigenvalue weighted by atomic mass is 10.0. The molecule has 0 spiro atoms. The van der Waals surface area contributed by atoms with E-state index in [1.807, 2.05) is 60.0 Å². The third-order valence-corrected chi connectivity index (χ3v) is 10.2. The highest BCUT2D eigenvalue weighted by atomic mass is 127. The number of phenolic OH excluding ortho intramolecular Hbond substituents is 1. The first-order valence-electron chi connectivity index (χ1n) is 16.5. The number of carbonyl (C=O) groups is 4. The van der Waals surface area contributed by atoms with Gasteiger partial charge in [-0.3, -0.25) is 14.4 Å². The maximum absolute atomic E-state index is 14.1. The van der Waals surface area contributed by atoms with Gasteiger partial charge in [-0.1, -0.05) is 36.8 Å². The second-order valence-electron chi connectivity index (χ2n) is 12.2. The molecular formula is C36H41Br2IN4O8. The van der Waals surface area contributed by atoms with Crippen LogP contribution in [0.4, 0.5) is 0 Å². The number of rotatable bonds is 12. The quantitative estimate of drug-likeness (QED) is 0.104. The fourth-order valence-corrected chi connectivity index (χ4v) is 7.59. The summed E-state index contributed by atoms with van der Waals surface area (Å²) >= 11 is 8.96. The molecule has 3 amide bonds. The van der Waals surface area contributed by atoms with Crippen LogP contribution in [0.2, 0.25) is 0 Å². The summed E-state index contributed by atoms with van der Waals surface area (Å²) in [4.78, 5) is 53.6. The van der Waals surface area contributed by atoms with Crippen LogP contribution in [0.5, 0.6) is 17.2 Å². The van der Waals surface area contributed by atoms with Gasteiger partial charge in [0.05, 0.1) is 25.2 Å². The molecule has 0 aliphatic carbocycles. The van der Waals surface area contributed by atoms with Crippen molar-refractivity contribution < 1.29 is 38.9 Å². The fourth-order valence-electron chi connectivity index (χ4n) is 5.48. The van der Waals surface area contributed by atoms with Gasteiger partial charge in [0.1, 0.15) is 18.1 Å². The summed E-state index contributed by atoms with van der Waals surface area (Å²) in [6.45, 7) is 2.56. The molecule has 15 heteroatoms. The van der Waals surface area contributed by atoms with Crippen LogP contribution in [0.15, 0.2) is 63.5 Å². The zero-order valence-electron chi connectivity index (χ0n) is 28.1. The topological polar surface area (TPSA) is 175 Å². The Bertz CT molecular complexity index is 1690. The molecular weight excluding hydrogens is 903 g/mol. The van der Waals surface area contributed by atoms with Crippen LogP contribution in [0.25, 0.3) is 0 Å². The highest BCUT2D eigenvalue weighted by molar-refractivity contribution is 14.1. The van der Waals surface area contributed by atoms with Crippen molar-refractivity contribution in [2.24, 2.45) is 0 Å². The molecule has 0 saturated carbocycles. The van der Waals surface area contributed by atoms with Gasteiger partial charge < -0.3 is 41.0 Å². The normalized spacial score (nSPS) is 18.6. The number of aromatic hydroxyl groups is 1. The number of hydrogen-bond acceptors (Lipinski definition) is 8. The number of carboxylic acid groups (broad SMARTS) is 1. The minimum atomic E-state index is -1.38. The van der Waals surface area contributed by atoms with Crippen molar-refractivity contribution >= 4 is 78.1 Å². The van der Waals surface area contributed by atoms with Crippen LogP contribution < -0.4 is 26.0 Å². The molecule has 0 radical (unpaired) electrons. The summed E-state index contributed by atoms with van der Waals surface area (Å²) in [5.41, 5.74) is 1.95. The Morgan fingerprint density at radius 1 is 1.00 bits per heavy atom. The minimum Gasteiger partial charge on any atom is -0.504 e. The summed E-state index contributed by atoms with van der Waals surface area (Å²) < 4.78 is 13.6. The summed E-state index contributed by atoms with van der Waals surface area (Å²) in [5, 5.41) is 32.3. The molecule has 6 N–H and O–H groups in total. The number of amides is 3. The van der Waals surface area contributed by atoms with E-state index in [9.17, 15) is 29.4 Å². The average Bonchev–Trinajstić information content (AvgIpc) is 3.08. The van der Waals surface area contributed by atoms with Crippen LogP contribution in [-0.2, 0) is 43.4 Å². The first kappa shape index (κ1) is 40.5. The smallest absolute Gasteiger partial charge is 0.326 e. The monoisotopic (exact) mass is 942 g/mol. The van der Waals surface area contributed by atoms with Gasteiger partial charge in [-0.2, -0.15) is 0 Å². The van der Waals surface area contributed by atoms with E-state index in [1.165, 1.54) is 0 Å². The summed E-state index contributed by atoms with van der Waals surface area (Å²) in [6.07, 6.45) is 1.48. The SMILES string of the molecule is CNCCCCCC(=O)N[C@H]1Cc2cc(I)c(O)c(c2)Oc2c(Br)cc(cc2Br)C[C@@H](C(=O)O)NC(=O)[C@H](C(C)OCc2ccccc2)NC1=O. The van der Waals surface area contributed by atoms with Crippen molar-refractivity contribution in [1.82, 2.24) is 21.3 Å². The van der Waals surface area contributed by atoms with Crippen LogP contribution in [0.3, 0.4) is 0 Å². The van der Waals surface area contributed by atoms with Gasteiger partial charge in [0.15, 0.2) is 17.2 Å². The number of ether oxygens (including phenoxy) is 2. The maximum Gasteiger partial charge on any atom is 0.326 e. The Kier molecular flexibility index (Phi) is 15.5. The van der Waals surface area contributed by atoms with Gasteiger partial charge in [0.2, 0.25) is 17.7 Å². The highest BCUT2D eigenvalue weighted by Gasteiger charge is 2.34. The average molecular weight is 944 g/mol. The Labute approximate surface area is 327 Å². The zero-order valence-corrected chi connectivity index (χ0v) is 33.5. The van der Waals surface area contributed by atoms with Crippen molar-refractivity contribution in [3.63, 3.8) is 0 Å². The number of halogens is 3. The van der Waals surface area contributed by atoms with Crippen molar-refractivity contribution in [1.29, 1.82) is 0 Å². The molecule has 2 aliphatic rings. The molecule has 0 aromatic heterocycles. The number of unbranched alkanes of at least 4 members (excludes halogenated alkanes) is 2. The van der Waals surface area contributed by atoms with Gasteiger partial charge in [0.25, 0.3) is 0 Å². The first-order valence-corrected chi connectivity index (χ1v) is 19.1. The Morgan fingerprint density at radius 2 is 1.69 bits per heavy atom. The molecule has 274 valence electrons. The lowest BCUT2D eigenvalue weighted by molar-refractivity contribution is -0.143. The van der Waals surface area contributed by atoms with Crippen LogP contribution >= 0.6 is 54.5 Å². The molecule has 3 aromatic rings. The van der Waals surface area contributed by atoms with Gasteiger partial charge in [-0.15, -0.1) is 0 Å². The van der Waals surface area contributed by atoms with Crippen LogP contribution in [0, 0.1) is 3.57 Å². The van der Waals surface area contributed by atoms with Crippen molar-refractivity contribution in [2.75, 3.05) is 13.6 Å². The van der Waals surface area contributed by atoms with Crippen molar-refractivity contribution in [2.45, 2.75) is 76.3 Å². The predicted octanol–water partition coefficient (Wildman–Crippen LogP) is 5.34. The highest BCUT2D eigenvalue weighted by Crippen LogP contribution is 2.42. The molecule has 2 heterocycles. The van der Waals surface area contributed by atoms with Crippen molar-refractivity contribution in [3.05, 3.63) is 83.8 Å². The number of fused-ring (bicyclic) bond motifs is 10. The van der Waals surface area contributed by atoms with Gasteiger partial charge in [-0.05, 0) is 129 Å². The lowest BCUT2D eigenvalue weighted by Crippen LogP contribution is -2.60. The molecule has 4 atom stereocenters. The molecule has 3 aromatic carbocycles. The molecule has 0 saturated heterocycles. The number of carbonyl (C=O) groups excluding carboxylic acids is 3. The molecule has 4 bridgehead atoms. The standard InChI is InChI=1S/C36H41Br2IN4O8/c1-20(50-19-21-9-5-3-6-10-21)31-35(47)42-28(36(48)49)17-22-13-24(37)33(25(38)14-22)51-29-18-23(15-26(39)32(29)45)16-27(34(46)43-31)41-30(44)11-7-4-8-12-40-2/h3,5-6,9-10,13-15,18,20,27-28,31,40,45H,4,7-8,11-12,16-17,19H2,1-2H3,(H,41,44)(H,42,47)(H,43,46)(H,48,49)/t20?,27-,28-,31-/m0/s1. The van der Waals surface area contributed by atoms with E-state index in [-0.39, 0.29) is 43.3 Å². The van der Waals surface area contributed by atoms with Crippen LogP contribution in [-0.4, -0.2) is 71.7 Å². The number of benzene rings is 3. The molecule has 1 unspecified atom stereocenters. The number of phenols is 1. The molecule has 5 rings (SSSR count). The maximum atomic E-state index is 14.1. The molecule has 0 fully saturated rings. The van der Waals surface area contributed by atoms with E-state index in [0.29, 0.717) is 35.8 Å². The van der Waals surface area contributed by atoms with Gasteiger partial charge in [0, 0.05) is 19.3 Å². The van der Waals surface area contributed by atoms with Gasteiger partial charge >= 0.3 is 5.97 Å². The van der Waals surface area contributed by atoms with Crippen LogP contribution in [0.1, 0.15) is 49.3 Å². The van der Waals surface area contributed by atoms with E-state index in [2.05, 4.69) is 53.1 Å². The third-order valence-electron chi connectivity index (χ3n) is 8.24. The second-order valence-corrected chi connectivity index (χ2v) is 15.1. The zero-order chi connectivity index (χ0) is 37.1. The van der Waals surface area contributed by atoms with E-state index >= 15 is 0 Å². The minimum absolute atomic E-state index is 0.0173. The number of hydrogen-bond donors (Lipinski definition) is 6. The largest absolute Gasteiger partial charge is 0.504 e. The van der Waals surface area contributed by atoms with E-state index in [0.717, 1.165) is 24.9 Å². The number of nitrogens with one attached hydrogen (secondary N) is 4. The molecule has 12 nitrogen and oxygen atoms in total. The number of aliphatic carboxylic acids is 1. The van der Waals surface area contributed by atoms with E-state index < -0.39 is 42.0 Å². The Morgan fingerprint density at radius 3 is 2.35 bits per heavy atom. The van der Waals surface area contributed by atoms with Crippen molar-refractivity contribution in [3.8, 4) is 17.2 Å². The van der Waals surface area contributed by atoms with E-state index in [1.54, 1.807) is 31.2 Å². The van der Waals surface area contributed by atoms with Gasteiger partial charge in [-0.25, -0.2) is 4.79 Å². The molecule has 51 heavy (non-hydrogen) atoms. The molecule has 2 aliphatic heterocycles. The first-order chi connectivity index (χ1) is 24.4. The second kappa shape index (κ2) is 19.5. The fraction of sp³-hybridized carbons (Fsp3) is 0.389. The number of carboxylic acids is 1. The Balaban J connectivity index is 1.74. The summed E-state index contributed by atoms with van der Waals surface area (Å²) in [5.74, 6) is -2.78. The Hall–Kier alpha value is -3.25. The predicted molar refractivity (Wildman–Crippen MR) is 207 cm³/mol. The summed E-state index contributed by atoms with van der Waals surface area (Å²) in [7, 11) is 1.86. The lowest BCUT2D eigenvalue weighted by Gasteiger charge is -2.28.